The Hall–Kier alpha value is -3.59. The number of pyridine rings is 2. The lowest BCUT2D eigenvalue weighted by atomic mass is 10.1. The summed E-state index contributed by atoms with van der Waals surface area (Å²) in [6, 6.07) is 6.86. The summed E-state index contributed by atoms with van der Waals surface area (Å²) in [4.78, 5) is 28.9. The molecule has 0 atom stereocenters. The number of carboxylic acid groups (broad SMARTS) is 1. The Morgan fingerprint density at radius 2 is 2.03 bits per heavy atom. The summed E-state index contributed by atoms with van der Waals surface area (Å²) in [7, 11) is 2.68. The normalized spacial score (nSPS) is 13.6. The van der Waals surface area contributed by atoms with Crippen molar-refractivity contribution < 1.29 is 24.2 Å². The molecule has 1 fully saturated rings. The predicted octanol–water partition coefficient (Wildman–Crippen LogP) is 3.91. The first-order valence-electron chi connectivity index (χ1n) is 9.99. The molecule has 10 heteroatoms. The molecule has 0 saturated heterocycles. The molecule has 0 aliphatic heterocycles. The van der Waals surface area contributed by atoms with Gasteiger partial charge in [0, 0.05) is 18.1 Å². The Kier molecular flexibility index (Phi) is 4.78. The van der Waals surface area contributed by atoms with E-state index < -0.39 is 11.9 Å². The molecule has 0 spiro atoms. The van der Waals surface area contributed by atoms with E-state index in [0.29, 0.717) is 29.0 Å². The largest absolute Gasteiger partial charge is 0.494 e. The zero-order chi connectivity index (χ0) is 22.6. The van der Waals surface area contributed by atoms with Crippen molar-refractivity contribution in [2.75, 3.05) is 14.2 Å². The first kappa shape index (κ1) is 20.3. The van der Waals surface area contributed by atoms with Gasteiger partial charge in [0.2, 0.25) is 0 Å². The van der Waals surface area contributed by atoms with Gasteiger partial charge in [-0.3, -0.25) is 0 Å². The van der Waals surface area contributed by atoms with Gasteiger partial charge in [0.15, 0.2) is 0 Å². The minimum Gasteiger partial charge on any atom is -0.494 e. The maximum Gasteiger partial charge on any atom is 0.340 e. The number of ether oxygens (including phenoxy) is 2. The van der Waals surface area contributed by atoms with E-state index in [-0.39, 0.29) is 28.1 Å². The third-order valence-electron chi connectivity index (χ3n) is 5.64. The fourth-order valence-electron chi connectivity index (χ4n) is 3.95. The van der Waals surface area contributed by atoms with Crippen molar-refractivity contribution in [2.24, 2.45) is 5.92 Å². The number of aromatic nitrogens is 4. The lowest BCUT2D eigenvalue weighted by molar-refractivity contribution is 0.0599. The van der Waals surface area contributed by atoms with E-state index in [2.05, 4.69) is 10.1 Å². The number of aromatic carboxylic acids is 1. The van der Waals surface area contributed by atoms with Crippen LogP contribution in [0.1, 0.15) is 33.6 Å². The van der Waals surface area contributed by atoms with Crippen LogP contribution in [0.4, 0.5) is 0 Å². The third-order valence-corrected chi connectivity index (χ3v) is 5.85. The second-order valence-corrected chi connectivity index (χ2v) is 8.13. The molecule has 4 heterocycles. The SMILES string of the molecule is COC(=O)c1cc(OC)c2c(C(=O)O)c(-c3cc4ccc(Cl)nc4n3CC3CC3)nn2c1. The monoisotopic (exact) mass is 454 g/mol. The second kappa shape index (κ2) is 7.52. The van der Waals surface area contributed by atoms with E-state index in [1.807, 2.05) is 16.7 Å². The number of methoxy groups -OCH3 is 2. The third kappa shape index (κ3) is 3.25. The molecule has 9 nitrogen and oxygen atoms in total. The van der Waals surface area contributed by atoms with E-state index in [0.717, 1.165) is 18.2 Å². The molecule has 0 aromatic carbocycles. The van der Waals surface area contributed by atoms with Crippen LogP contribution < -0.4 is 4.74 Å². The van der Waals surface area contributed by atoms with E-state index in [1.54, 1.807) is 6.07 Å². The molecule has 1 saturated carbocycles. The van der Waals surface area contributed by atoms with Crippen molar-refractivity contribution in [1.29, 1.82) is 0 Å². The minimum absolute atomic E-state index is 0.0239. The highest BCUT2D eigenvalue weighted by Crippen LogP contribution is 2.38. The van der Waals surface area contributed by atoms with Gasteiger partial charge in [-0.2, -0.15) is 5.10 Å². The van der Waals surface area contributed by atoms with Crippen LogP contribution in [0.2, 0.25) is 5.15 Å². The number of fused-ring (bicyclic) bond motifs is 2. The van der Waals surface area contributed by atoms with Crippen molar-refractivity contribution in [3.05, 3.63) is 46.7 Å². The lowest BCUT2D eigenvalue weighted by Crippen LogP contribution is -2.06. The van der Waals surface area contributed by atoms with Gasteiger partial charge in [0.25, 0.3) is 0 Å². The summed E-state index contributed by atoms with van der Waals surface area (Å²) >= 11 is 6.15. The van der Waals surface area contributed by atoms with Crippen molar-refractivity contribution >= 4 is 40.1 Å². The quantitative estimate of drug-likeness (QED) is 0.347. The molecular weight excluding hydrogens is 436 g/mol. The average molecular weight is 455 g/mol. The van der Waals surface area contributed by atoms with E-state index in [9.17, 15) is 14.7 Å². The van der Waals surface area contributed by atoms with Gasteiger partial charge in [0.1, 0.15) is 33.3 Å². The van der Waals surface area contributed by atoms with Gasteiger partial charge < -0.3 is 19.1 Å². The number of esters is 1. The maximum absolute atomic E-state index is 12.4. The molecule has 0 radical (unpaired) electrons. The van der Waals surface area contributed by atoms with Crippen LogP contribution in [0, 0.1) is 5.92 Å². The number of carbonyl (C=O) groups is 2. The van der Waals surface area contributed by atoms with Crippen LogP contribution >= 0.6 is 11.6 Å². The Bertz CT molecular complexity index is 1400. The number of hydrogen-bond acceptors (Lipinski definition) is 6. The molecule has 1 aliphatic rings. The molecule has 164 valence electrons. The van der Waals surface area contributed by atoms with Gasteiger partial charge in [-0.05, 0) is 43.0 Å². The van der Waals surface area contributed by atoms with Gasteiger partial charge in [0.05, 0.1) is 25.5 Å². The topological polar surface area (TPSA) is 108 Å². The van der Waals surface area contributed by atoms with Crippen molar-refractivity contribution in [1.82, 2.24) is 19.2 Å². The highest BCUT2D eigenvalue weighted by Gasteiger charge is 2.30. The Balaban J connectivity index is 1.82. The number of carbonyl (C=O) groups excluding carboxylic acids is 1. The average Bonchev–Trinajstić information content (AvgIpc) is 3.41. The van der Waals surface area contributed by atoms with Crippen LogP contribution in [0.5, 0.6) is 5.75 Å². The molecule has 0 amide bonds. The highest BCUT2D eigenvalue weighted by molar-refractivity contribution is 6.29. The summed E-state index contributed by atoms with van der Waals surface area (Å²) in [5.74, 6) is -1.04. The highest BCUT2D eigenvalue weighted by atomic mass is 35.5. The Labute approximate surface area is 187 Å². The van der Waals surface area contributed by atoms with Crippen molar-refractivity contribution in [2.45, 2.75) is 19.4 Å². The Morgan fingerprint density at radius 1 is 1.25 bits per heavy atom. The van der Waals surface area contributed by atoms with Crippen molar-refractivity contribution in [3.8, 4) is 17.1 Å². The summed E-state index contributed by atoms with van der Waals surface area (Å²) in [6.07, 6.45) is 3.64. The van der Waals surface area contributed by atoms with Crippen LogP contribution in [-0.4, -0.2) is 50.4 Å². The van der Waals surface area contributed by atoms with Crippen LogP contribution in [0.25, 0.3) is 27.9 Å². The molecule has 1 aliphatic carbocycles. The predicted molar refractivity (Wildman–Crippen MR) is 117 cm³/mol. The van der Waals surface area contributed by atoms with E-state index >= 15 is 0 Å². The minimum atomic E-state index is -1.16. The smallest absolute Gasteiger partial charge is 0.340 e. The van der Waals surface area contributed by atoms with E-state index in [1.165, 1.54) is 31.0 Å². The maximum atomic E-state index is 12.4. The summed E-state index contributed by atoms with van der Waals surface area (Å²) in [6.45, 7) is 0.684. The molecule has 4 aromatic rings. The molecule has 32 heavy (non-hydrogen) atoms. The summed E-state index contributed by atoms with van der Waals surface area (Å²) in [5, 5.41) is 15.9. The van der Waals surface area contributed by atoms with Crippen molar-refractivity contribution in [3.63, 3.8) is 0 Å². The fourth-order valence-corrected chi connectivity index (χ4v) is 4.10. The molecule has 4 aromatic heterocycles. The number of nitrogens with zero attached hydrogens (tertiary/aromatic N) is 4. The van der Waals surface area contributed by atoms with Gasteiger partial charge >= 0.3 is 11.9 Å². The standard InChI is InChI=1S/C22H19ClN4O5/c1-31-15-8-13(22(30)32-2)10-27-19(15)17(21(28)29)18(25-27)14-7-12-5-6-16(23)24-20(12)26(14)9-11-3-4-11/h5-8,10-11H,3-4,9H2,1-2H3,(H,28,29). The van der Waals surface area contributed by atoms with Gasteiger partial charge in [-0.25, -0.2) is 19.1 Å². The Morgan fingerprint density at radius 3 is 2.69 bits per heavy atom. The number of carboxylic acids is 1. The molecule has 1 N–H and O–H groups in total. The van der Waals surface area contributed by atoms with Crippen LogP contribution in [0.15, 0.2) is 30.5 Å². The molecule has 0 unspecified atom stereocenters. The van der Waals surface area contributed by atoms with Crippen LogP contribution in [-0.2, 0) is 11.3 Å². The zero-order valence-electron chi connectivity index (χ0n) is 17.3. The summed E-state index contributed by atoms with van der Waals surface area (Å²) in [5.41, 5.74) is 1.96. The first-order valence-corrected chi connectivity index (χ1v) is 10.4. The van der Waals surface area contributed by atoms with Gasteiger partial charge in [-0.1, -0.05) is 11.6 Å². The lowest BCUT2D eigenvalue weighted by Gasteiger charge is -2.09. The zero-order valence-corrected chi connectivity index (χ0v) is 18.1. The second-order valence-electron chi connectivity index (χ2n) is 7.74. The molecular formula is C22H19ClN4O5. The fraction of sp³-hybridized carbons (Fsp3) is 0.273. The first-order chi connectivity index (χ1) is 15.4. The number of halogens is 1. The molecule has 0 bridgehead atoms. The number of rotatable bonds is 6. The summed E-state index contributed by atoms with van der Waals surface area (Å²) < 4.78 is 13.5. The number of hydrogen-bond donors (Lipinski definition) is 1. The van der Waals surface area contributed by atoms with Crippen LogP contribution in [0.3, 0.4) is 0 Å². The van der Waals surface area contributed by atoms with Gasteiger partial charge in [-0.15, -0.1) is 0 Å². The molecule has 5 rings (SSSR count). The van der Waals surface area contributed by atoms with E-state index in [4.69, 9.17) is 21.1 Å².